The van der Waals surface area contributed by atoms with E-state index in [1.807, 2.05) is 47.1 Å². The molecular weight excluding hydrogens is 436 g/mol. The van der Waals surface area contributed by atoms with Crippen molar-refractivity contribution in [3.05, 3.63) is 82.1 Å². The first kappa shape index (κ1) is 21.7. The largest absolute Gasteiger partial charge is 0.337 e. The van der Waals surface area contributed by atoms with Crippen LogP contribution < -0.4 is 0 Å². The summed E-state index contributed by atoms with van der Waals surface area (Å²) in [6.07, 6.45) is 0.760. The van der Waals surface area contributed by atoms with E-state index >= 15 is 0 Å². The van der Waals surface area contributed by atoms with Crippen LogP contribution >= 0.6 is 11.6 Å². The van der Waals surface area contributed by atoms with Crippen LogP contribution in [0.25, 0.3) is 5.69 Å². The Labute approximate surface area is 198 Å². The van der Waals surface area contributed by atoms with E-state index in [9.17, 15) is 9.59 Å². The number of halogens is 1. The summed E-state index contributed by atoms with van der Waals surface area (Å²) < 4.78 is 1.79. The van der Waals surface area contributed by atoms with Gasteiger partial charge in [-0.1, -0.05) is 43.6 Å². The van der Waals surface area contributed by atoms with E-state index in [1.54, 1.807) is 28.9 Å². The molecule has 2 aliphatic heterocycles. The monoisotopic (exact) mass is 462 g/mol. The van der Waals surface area contributed by atoms with Crippen molar-refractivity contribution in [2.75, 3.05) is 13.1 Å². The molecule has 0 spiro atoms. The standard InChI is InChI=1S/C26H27ClN4O2/c1-16(2)23-22-17(3)28-31(20-7-5-4-6-8-20)24(22)26(33)30(23)21-13-14-29(15-21)25(32)18-9-11-19(27)12-10-18/h4-12,16,21,23H,13-15H2,1-3H3. The first-order valence-corrected chi connectivity index (χ1v) is 11.8. The van der Waals surface area contributed by atoms with Gasteiger partial charge in [0.25, 0.3) is 11.8 Å². The number of rotatable bonds is 4. The van der Waals surface area contributed by atoms with Crippen LogP contribution in [0.3, 0.4) is 0 Å². The quantitative estimate of drug-likeness (QED) is 0.554. The summed E-state index contributed by atoms with van der Waals surface area (Å²) in [7, 11) is 0. The normalized spacial score (nSPS) is 20.1. The summed E-state index contributed by atoms with van der Waals surface area (Å²) >= 11 is 5.97. The Bertz CT molecular complexity index is 1200. The van der Waals surface area contributed by atoms with Gasteiger partial charge in [-0.05, 0) is 55.7 Å². The number of fused-ring (bicyclic) bond motifs is 1. The summed E-state index contributed by atoms with van der Waals surface area (Å²) in [6, 6.07) is 16.7. The SMILES string of the molecule is Cc1nn(-c2ccccc2)c2c1C(C(C)C)N(C1CCN(C(=O)c3ccc(Cl)cc3)C1)C2=O. The van der Waals surface area contributed by atoms with Crippen LogP contribution in [-0.2, 0) is 0 Å². The minimum atomic E-state index is -0.0550. The molecule has 0 aliphatic carbocycles. The zero-order chi connectivity index (χ0) is 23.3. The average Bonchev–Trinajstić information content (AvgIpc) is 3.49. The highest BCUT2D eigenvalue weighted by Gasteiger charge is 2.48. The molecule has 2 atom stereocenters. The van der Waals surface area contributed by atoms with Gasteiger partial charge < -0.3 is 9.80 Å². The van der Waals surface area contributed by atoms with Gasteiger partial charge in [0, 0.05) is 29.2 Å². The van der Waals surface area contributed by atoms with Gasteiger partial charge in [-0.2, -0.15) is 5.10 Å². The third-order valence-electron chi connectivity index (χ3n) is 6.71. The first-order valence-electron chi connectivity index (χ1n) is 11.4. The molecule has 1 saturated heterocycles. The smallest absolute Gasteiger partial charge is 0.273 e. The van der Waals surface area contributed by atoms with Crippen LogP contribution in [0.1, 0.15) is 58.4 Å². The Morgan fingerprint density at radius 1 is 1.09 bits per heavy atom. The number of benzene rings is 2. The van der Waals surface area contributed by atoms with E-state index in [1.165, 1.54) is 0 Å². The highest BCUT2D eigenvalue weighted by Crippen LogP contribution is 2.43. The fraction of sp³-hybridized carbons (Fsp3) is 0.346. The lowest BCUT2D eigenvalue weighted by atomic mass is 9.95. The van der Waals surface area contributed by atoms with Crippen molar-refractivity contribution in [2.24, 2.45) is 5.92 Å². The number of aryl methyl sites for hydroxylation is 1. The summed E-state index contributed by atoms with van der Waals surface area (Å²) in [5, 5.41) is 5.34. The van der Waals surface area contributed by atoms with E-state index in [0.717, 1.165) is 23.4 Å². The molecule has 0 N–H and O–H groups in total. The van der Waals surface area contributed by atoms with Gasteiger partial charge in [0.1, 0.15) is 5.69 Å². The summed E-state index contributed by atoms with van der Waals surface area (Å²) in [4.78, 5) is 30.7. The number of hydrogen-bond donors (Lipinski definition) is 0. The van der Waals surface area contributed by atoms with Gasteiger partial charge in [-0.15, -0.1) is 0 Å². The molecule has 2 unspecified atom stereocenters. The molecule has 3 aromatic rings. The number of nitrogens with zero attached hydrogens (tertiary/aromatic N) is 4. The summed E-state index contributed by atoms with van der Waals surface area (Å²) in [5.41, 5.74) is 4.05. The van der Waals surface area contributed by atoms with Gasteiger partial charge in [-0.25, -0.2) is 4.68 Å². The topological polar surface area (TPSA) is 58.4 Å². The predicted molar refractivity (Wildman–Crippen MR) is 128 cm³/mol. The van der Waals surface area contributed by atoms with Crippen molar-refractivity contribution in [1.29, 1.82) is 0 Å². The molecule has 2 aromatic carbocycles. The maximum atomic E-state index is 13.8. The summed E-state index contributed by atoms with van der Waals surface area (Å²) in [5.74, 6) is 0.202. The molecule has 1 fully saturated rings. The van der Waals surface area contributed by atoms with E-state index in [0.29, 0.717) is 29.4 Å². The molecule has 3 heterocycles. The summed E-state index contributed by atoms with van der Waals surface area (Å²) in [6.45, 7) is 7.42. The first-order chi connectivity index (χ1) is 15.9. The van der Waals surface area contributed by atoms with E-state index in [-0.39, 0.29) is 29.8 Å². The van der Waals surface area contributed by atoms with Crippen molar-refractivity contribution in [1.82, 2.24) is 19.6 Å². The van der Waals surface area contributed by atoms with Crippen LogP contribution in [0.2, 0.25) is 5.02 Å². The van der Waals surface area contributed by atoms with Crippen LogP contribution in [0.15, 0.2) is 54.6 Å². The second-order valence-corrected chi connectivity index (χ2v) is 9.63. The number of carbonyl (C=O) groups is 2. The lowest BCUT2D eigenvalue weighted by molar-refractivity contribution is 0.0549. The van der Waals surface area contributed by atoms with Gasteiger partial charge >= 0.3 is 0 Å². The van der Waals surface area contributed by atoms with Crippen LogP contribution in [0.4, 0.5) is 0 Å². The average molecular weight is 463 g/mol. The van der Waals surface area contributed by atoms with Gasteiger partial charge in [0.05, 0.1) is 23.5 Å². The Balaban J connectivity index is 1.45. The fourth-order valence-electron chi connectivity index (χ4n) is 5.22. The second kappa shape index (κ2) is 8.34. The maximum absolute atomic E-state index is 13.8. The minimum Gasteiger partial charge on any atom is -0.337 e. The van der Waals surface area contributed by atoms with Crippen molar-refractivity contribution < 1.29 is 9.59 Å². The van der Waals surface area contributed by atoms with Gasteiger partial charge in [-0.3, -0.25) is 9.59 Å². The van der Waals surface area contributed by atoms with Crippen LogP contribution in [0.5, 0.6) is 0 Å². The third-order valence-corrected chi connectivity index (χ3v) is 6.96. The van der Waals surface area contributed by atoms with Crippen molar-refractivity contribution in [3.63, 3.8) is 0 Å². The molecule has 0 bridgehead atoms. The third kappa shape index (κ3) is 3.62. The van der Waals surface area contributed by atoms with Crippen molar-refractivity contribution in [2.45, 2.75) is 39.3 Å². The number of hydrogen-bond acceptors (Lipinski definition) is 3. The van der Waals surface area contributed by atoms with Crippen LogP contribution in [-0.4, -0.2) is 50.5 Å². The van der Waals surface area contributed by atoms with E-state index in [4.69, 9.17) is 16.7 Å². The molecule has 2 aliphatic rings. The Kier molecular flexibility index (Phi) is 5.49. The zero-order valence-corrected chi connectivity index (χ0v) is 19.8. The van der Waals surface area contributed by atoms with E-state index < -0.39 is 0 Å². The maximum Gasteiger partial charge on any atom is 0.273 e. The molecule has 2 amide bonds. The molecule has 170 valence electrons. The number of amides is 2. The van der Waals surface area contributed by atoms with Crippen molar-refractivity contribution in [3.8, 4) is 5.69 Å². The number of aromatic nitrogens is 2. The Hall–Kier alpha value is -3.12. The number of para-hydroxylation sites is 1. The fourth-order valence-corrected chi connectivity index (χ4v) is 5.34. The van der Waals surface area contributed by atoms with E-state index in [2.05, 4.69) is 13.8 Å². The molecular formula is C26H27ClN4O2. The van der Waals surface area contributed by atoms with Crippen LogP contribution in [0, 0.1) is 12.8 Å². The molecule has 33 heavy (non-hydrogen) atoms. The molecule has 0 saturated carbocycles. The highest BCUT2D eigenvalue weighted by atomic mass is 35.5. The van der Waals surface area contributed by atoms with Crippen molar-refractivity contribution >= 4 is 23.4 Å². The Morgan fingerprint density at radius 2 is 1.79 bits per heavy atom. The lowest BCUT2D eigenvalue weighted by Gasteiger charge is -2.33. The van der Waals surface area contributed by atoms with Gasteiger partial charge in [0.15, 0.2) is 0 Å². The number of likely N-dealkylation sites (tertiary alicyclic amines) is 1. The predicted octanol–water partition coefficient (Wildman–Crippen LogP) is 4.90. The minimum absolute atomic E-state index is 0.000977. The highest BCUT2D eigenvalue weighted by molar-refractivity contribution is 6.30. The van der Waals surface area contributed by atoms with Gasteiger partial charge in [0.2, 0.25) is 0 Å². The molecule has 7 heteroatoms. The lowest BCUT2D eigenvalue weighted by Crippen LogP contribution is -2.43. The zero-order valence-electron chi connectivity index (χ0n) is 19.0. The molecule has 6 nitrogen and oxygen atoms in total. The Morgan fingerprint density at radius 3 is 2.45 bits per heavy atom. The molecule has 0 radical (unpaired) electrons. The molecule has 1 aromatic heterocycles. The molecule has 5 rings (SSSR count). The number of carbonyl (C=O) groups excluding carboxylic acids is 2. The second-order valence-electron chi connectivity index (χ2n) is 9.20.